The van der Waals surface area contributed by atoms with E-state index in [4.69, 9.17) is 9.97 Å². The van der Waals surface area contributed by atoms with Crippen LogP contribution in [0.4, 0.5) is 17.6 Å². The Balaban J connectivity index is 1.62. The van der Waals surface area contributed by atoms with Gasteiger partial charge in [-0.1, -0.05) is 6.92 Å². The molecule has 1 fully saturated rings. The fraction of sp³-hybridized carbons (Fsp3) is 0.542. The van der Waals surface area contributed by atoms with Crippen LogP contribution >= 0.6 is 0 Å². The number of likely N-dealkylation sites (N-methyl/N-ethyl adjacent to an activating group) is 1. The molecule has 1 unspecified atom stereocenters. The molecule has 0 bridgehead atoms. The third kappa shape index (κ3) is 5.94. The molecule has 36 heavy (non-hydrogen) atoms. The number of aryl methyl sites for hydroxylation is 1. The van der Waals surface area contributed by atoms with Crippen LogP contribution in [0.1, 0.15) is 38.2 Å². The monoisotopic (exact) mass is 516 g/mol. The Morgan fingerprint density at radius 1 is 1.17 bits per heavy atom. The summed E-state index contributed by atoms with van der Waals surface area (Å²) in [6, 6.07) is 6.77. The van der Waals surface area contributed by atoms with Crippen molar-refractivity contribution in [1.82, 2.24) is 29.2 Å². The third-order valence-electron chi connectivity index (χ3n) is 6.43. The van der Waals surface area contributed by atoms with E-state index in [1.54, 1.807) is 35.0 Å². The Hall–Kier alpha value is -2.80. The molecule has 196 valence electrons. The molecular weight excluding hydrogens is 480 g/mol. The average molecular weight is 517 g/mol. The molecule has 1 aliphatic heterocycles. The minimum absolute atomic E-state index is 0.126. The van der Waals surface area contributed by atoms with Crippen LogP contribution in [0.5, 0.6) is 0 Å². The molecular formula is C24H36N8O3S. The summed E-state index contributed by atoms with van der Waals surface area (Å²) in [6.45, 7) is 3.98. The first kappa shape index (κ1) is 26.3. The topological polar surface area (TPSA) is 128 Å². The summed E-state index contributed by atoms with van der Waals surface area (Å²) in [5.74, 6) is 1.12. The second-order valence-corrected chi connectivity index (χ2v) is 11.1. The lowest BCUT2D eigenvalue weighted by molar-refractivity contribution is 0.261. The quantitative estimate of drug-likeness (QED) is 0.351. The number of piperidine rings is 1. The summed E-state index contributed by atoms with van der Waals surface area (Å²) in [5.41, 5.74) is 2.44. The minimum Gasteiger partial charge on any atom is -0.396 e. The number of nitrogens with zero attached hydrogens (tertiary/aromatic N) is 6. The Morgan fingerprint density at radius 2 is 1.94 bits per heavy atom. The van der Waals surface area contributed by atoms with Gasteiger partial charge in [0.25, 0.3) is 0 Å². The highest BCUT2D eigenvalue weighted by Crippen LogP contribution is 2.27. The van der Waals surface area contributed by atoms with E-state index < -0.39 is 10.0 Å². The van der Waals surface area contributed by atoms with Gasteiger partial charge in [-0.3, -0.25) is 0 Å². The summed E-state index contributed by atoms with van der Waals surface area (Å²) in [5, 5.41) is 17.4. The highest BCUT2D eigenvalue weighted by Gasteiger charge is 2.26. The van der Waals surface area contributed by atoms with Crippen molar-refractivity contribution in [1.29, 1.82) is 0 Å². The van der Waals surface area contributed by atoms with Crippen LogP contribution in [-0.2, 0) is 16.4 Å². The van der Waals surface area contributed by atoms with Gasteiger partial charge in [0.05, 0.1) is 11.1 Å². The van der Waals surface area contributed by atoms with Gasteiger partial charge in [-0.05, 0) is 70.5 Å². The number of hydrogen-bond donors (Lipinski definition) is 3. The van der Waals surface area contributed by atoms with Crippen molar-refractivity contribution in [2.45, 2.75) is 50.0 Å². The Bertz CT molecular complexity index is 1260. The lowest BCUT2D eigenvalue weighted by atomic mass is 10.0. The van der Waals surface area contributed by atoms with E-state index in [9.17, 15) is 13.5 Å². The second kappa shape index (κ2) is 11.5. The Morgan fingerprint density at radius 3 is 2.64 bits per heavy atom. The van der Waals surface area contributed by atoms with Crippen LogP contribution in [0, 0.1) is 0 Å². The van der Waals surface area contributed by atoms with Crippen molar-refractivity contribution in [3.05, 3.63) is 36.0 Å². The van der Waals surface area contributed by atoms with Crippen molar-refractivity contribution in [3.8, 4) is 0 Å². The molecule has 4 rings (SSSR count). The number of fused-ring (bicyclic) bond motifs is 1. The first-order chi connectivity index (χ1) is 17.3. The number of aliphatic hydroxyl groups is 1. The number of benzene rings is 1. The van der Waals surface area contributed by atoms with Gasteiger partial charge in [-0.2, -0.15) is 19.6 Å². The van der Waals surface area contributed by atoms with Crippen LogP contribution in [0.25, 0.3) is 5.65 Å². The Kier molecular flexibility index (Phi) is 8.39. The van der Waals surface area contributed by atoms with Gasteiger partial charge >= 0.3 is 0 Å². The fourth-order valence-corrected chi connectivity index (χ4v) is 5.44. The molecule has 3 heterocycles. The van der Waals surface area contributed by atoms with E-state index in [0.29, 0.717) is 37.1 Å². The van der Waals surface area contributed by atoms with Crippen molar-refractivity contribution in [3.63, 3.8) is 0 Å². The summed E-state index contributed by atoms with van der Waals surface area (Å²) in [7, 11) is 0.201. The molecule has 0 spiro atoms. The largest absolute Gasteiger partial charge is 0.396 e. The lowest BCUT2D eigenvalue weighted by Crippen LogP contribution is -2.41. The van der Waals surface area contributed by atoms with Crippen LogP contribution < -0.4 is 14.9 Å². The molecule has 1 aromatic carbocycles. The van der Waals surface area contributed by atoms with Crippen molar-refractivity contribution in [2.75, 3.05) is 50.6 Å². The number of aromatic nitrogens is 4. The molecule has 11 nitrogen and oxygen atoms in total. The molecule has 3 aromatic rings. The van der Waals surface area contributed by atoms with Crippen LogP contribution in [0.2, 0.25) is 0 Å². The zero-order valence-corrected chi connectivity index (χ0v) is 22.0. The standard InChI is InChI=1S/C24H36N8O3S/c1-4-18-17-25-32-22(18)28-23(31-14-6-5-7-20(31)12-16-33)29-24(32)27-19-8-10-21(11-9-19)36(34,35)26-13-15-30(2)3/h8-11,17,20,26,33H,4-7,12-16H2,1-3H3,(H,27,28,29). The van der Waals surface area contributed by atoms with E-state index >= 15 is 0 Å². The summed E-state index contributed by atoms with van der Waals surface area (Å²) < 4.78 is 29.5. The first-order valence-electron chi connectivity index (χ1n) is 12.5. The minimum atomic E-state index is -3.59. The van der Waals surface area contributed by atoms with Gasteiger partial charge in [0.2, 0.25) is 21.9 Å². The summed E-state index contributed by atoms with van der Waals surface area (Å²) in [4.78, 5) is 14.0. The molecule has 2 aromatic heterocycles. The summed E-state index contributed by atoms with van der Waals surface area (Å²) in [6.07, 6.45) is 6.44. The van der Waals surface area contributed by atoms with E-state index in [2.05, 4.69) is 27.0 Å². The maximum atomic E-state index is 12.6. The predicted octanol–water partition coefficient (Wildman–Crippen LogP) is 2.01. The van der Waals surface area contributed by atoms with Gasteiger partial charge < -0.3 is 20.2 Å². The molecule has 0 aliphatic carbocycles. The van der Waals surface area contributed by atoms with Crippen molar-refractivity contribution >= 4 is 33.3 Å². The maximum absolute atomic E-state index is 12.6. The molecule has 1 saturated heterocycles. The zero-order valence-electron chi connectivity index (χ0n) is 21.2. The van der Waals surface area contributed by atoms with Crippen LogP contribution in [-0.4, -0.2) is 84.4 Å². The normalized spacial score (nSPS) is 16.7. The smallest absolute Gasteiger partial charge is 0.240 e. The second-order valence-electron chi connectivity index (χ2n) is 9.31. The highest BCUT2D eigenvalue weighted by atomic mass is 32.2. The maximum Gasteiger partial charge on any atom is 0.240 e. The summed E-state index contributed by atoms with van der Waals surface area (Å²) >= 11 is 0. The number of anilines is 3. The lowest BCUT2D eigenvalue weighted by Gasteiger charge is -2.35. The Labute approximate surface area is 212 Å². The molecule has 0 radical (unpaired) electrons. The van der Waals surface area contributed by atoms with Gasteiger partial charge in [-0.15, -0.1) is 0 Å². The molecule has 0 amide bonds. The molecule has 1 aliphatic rings. The van der Waals surface area contributed by atoms with Gasteiger partial charge in [-0.25, -0.2) is 13.1 Å². The number of rotatable bonds is 11. The number of aliphatic hydroxyl groups excluding tert-OH is 1. The molecule has 12 heteroatoms. The van der Waals surface area contributed by atoms with E-state index in [0.717, 1.165) is 43.4 Å². The molecule has 1 atom stereocenters. The number of nitrogens with one attached hydrogen (secondary N) is 2. The van der Waals surface area contributed by atoms with E-state index in [-0.39, 0.29) is 17.5 Å². The molecule has 3 N–H and O–H groups in total. The first-order valence-corrected chi connectivity index (χ1v) is 13.9. The van der Waals surface area contributed by atoms with E-state index in [1.807, 2.05) is 19.0 Å². The van der Waals surface area contributed by atoms with Crippen LogP contribution in [0.3, 0.4) is 0 Å². The van der Waals surface area contributed by atoms with Gasteiger partial charge in [0.15, 0.2) is 5.65 Å². The van der Waals surface area contributed by atoms with Crippen LogP contribution in [0.15, 0.2) is 35.4 Å². The number of sulfonamides is 1. The highest BCUT2D eigenvalue weighted by molar-refractivity contribution is 7.89. The predicted molar refractivity (Wildman–Crippen MR) is 140 cm³/mol. The average Bonchev–Trinajstić information content (AvgIpc) is 3.28. The zero-order chi connectivity index (χ0) is 25.7. The SMILES string of the molecule is CCc1cnn2c(Nc3ccc(S(=O)(=O)NCCN(C)C)cc3)nc(N3CCCCC3CCO)nc12. The van der Waals surface area contributed by atoms with Gasteiger partial charge in [0, 0.05) is 43.5 Å². The van der Waals surface area contributed by atoms with E-state index in [1.165, 1.54) is 0 Å². The fourth-order valence-electron chi connectivity index (χ4n) is 4.42. The van der Waals surface area contributed by atoms with Gasteiger partial charge in [0.1, 0.15) is 0 Å². The van der Waals surface area contributed by atoms with Crippen molar-refractivity contribution in [2.24, 2.45) is 0 Å². The molecule has 0 saturated carbocycles. The third-order valence-corrected chi connectivity index (χ3v) is 7.91. The number of hydrogen-bond acceptors (Lipinski definition) is 9. The van der Waals surface area contributed by atoms with Crippen molar-refractivity contribution < 1.29 is 13.5 Å².